The van der Waals surface area contributed by atoms with Gasteiger partial charge in [-0.25, -0.2) is 23.5 Å². The summed E-state index contributed by atoms with van der Waals surface area (Å²) in [6.45, 7) is 2.75. The van der Waals surface area contributed by atoms with Crippen molar-refractivity contribution in [3.63, 3.8) is 0 Å². The number of aryl methyl sites for hydroxylation is 2. The molecule has 1 aliphatic rings. The van der Waals surface area contributed by atoms with Crippen LogP contribution in [0.3, 0.4) is 0 Å². The Morgan fingerprint density at radius 1 is 1.00 bits per heavy atom. The van der Waals surface area contributed by atoms with E-state index in [1.165, 1.54) is 11.8 Å². The highest BCUT2D eigenvalue weighted by atomic mass is 19.1. The van der Waals surface area contributed by atoms with Crippen LogP contribution in [0.2, 0.25) is 0 Å². The molecule has 0 amide bonds. The van der Waals surface area contributed by atoms with Gasteiger partial charge in [0, 0.05) is 49.1 Å². The highest BCUT2D eigenvalue weighted by molar-refractivity contribution is 5.76. The van der Waals surface area contributed by atoms with Gasteiger partial charge >= 0.3 is 5.97 Å². The summed E-state index contributed by atoms with van der Waals surface area (Å²) in [4.78, 5) is 27.8. The van der Waals surface area contributed by atoms with E-state index in [4.69, 9.17) is 9.72 Å². The van der Waals surface area contributed by atoms with Crippen molar-refractivity contribution in [3.05, 3.63) is 95.9 Å². The predicted octanol–water partition coefficient (Wildman–Crippen LogP) is 5.83. The Kier molecular flexibility index (Phi) is 11.2. The average Bonchev–Trinajstić information content (AvgIpc) is 3.04. The van der Waals surface area contributed by atoms with Crippen molar-refractivity contribution in [2.45, 2.75) is 44.6 Å². The van der Waals surface area contributed by atoms with Crippen LogP contribution in [0, 0.1) is 11.6 Å². The molecule has 3 N–H and O–H groups in total. The van der Waals surface area contributed by atoms with Gasteiger partial charge in [-0.05, 0) is 56.7 Å². The number of aromatic nitrogens is 3. The normalized spacial score (nSPS) is 13.1. The molecule has 1 aliphatic heterocycles. The SMILES string of the molecule is O=C(O)[C@H](CCN(CCCCc1ccc2c(n1)NCCC2)CCOc1cc(F)cc(F)c1)Nc1cnc(-c2ccccc2)cn1. The Balaban J connectivity index is 1.16. The van der Waals surface area contributed by atoms with Gasteiger partial charge in [-0.1, -0.05) is 36.4 Å². The number of benzene rings is 2. The zero-order chi connectivity index (χ0) is 31.4. The number of nitrogens with zero attached hydrogens (tertiary/aromatic N) is 4. The van der Waals surface area contributed by atoms with Crippen LogP contribution >= 0.6 is 0 Å². The van der Waals surface area contributed by atoms with Crippen LogP contribution in [0.4, 0.5) is 20.4 Å². The molecule has 236 valence electrons. The van der Waals surface area contributed by atoms with Gasteiger partial charge in [0.25, 0.3) is 0 Å². The Morgan fingerprint density at radius 3 is 2.58 bits per heavy atom. The number of carbonyl (C=O) groups is 1. The molecule has 0 radical (unpaired) electrons. The Bertz CT molecular complexity index is 1520. The smallest absolute Gasteiger partial charge is 0.326 e. The summed E-state index contributed by atoms with van der Waals surface area (Å²) in [6, 6.07) is 16.0. The number of nitrogens with one attached hydrogen (secondary N) is 2. The van der Waals surface area contributed by atoms with E-state index >= 15 is 0 Å². The lowest BCUT2D eigenvalue weighted by Crippen LogP contribution is -2.37. The fourth-order valence-electron chi connectivity index (χ4n) is 5.30. The van der Waals surface area contributed by atoms with E-state index in [1.807, 2.05) is 30.3 Å². The first kappa shape index (κ1) is 31.8. The van der Waals surface area contributed by atoms with Crippen LogP contribution in [0.15, 0.2) is 73.1 Å². The lowest BCUT2D eigenvalue weighted by molar-refractivity contribution is -0.138. The molecular formula is C34H38F2N6O3. The monoisotopic (exact) mass is 616 g/mol. The molecule has 9 nitrogen and oxygen atoms in total. The molecule has 45 heavy (non-hydrogen) atoms. The summed E-state index contributed by atoms with van der Waals surface area (Å²) in [5.41, 5.74) is 3.92. The molecule has 4 aromatic rings. The molecule has 0 saturated carbocycles. The molecule has 0 aliphatic carbocycles. The van der Waals surface area contributed by atoms with Crippen molar-refractivity contribution in [2.24, 2.45) is 0 Å². The van der Waals surface area contributed by atoms with Crippen molar-refractivity contribution in [1.82, 2.24) is 19.9 Å². The van der Waals surface area contributed by atoms with E-state index in [1.54, 1.807) is 6.20 Å². The van der Waals surface area contributed by atoms with E-state index in [0.717, 1.165) is 73.9 Å². The summed E-state index contributed by atoms with van der Waals surface area (Å²) in [5, 5.41) is 16.3. The van der Waals surface area contributed by atoms with Gasteiger partial charge in [0.15, 0.2) is 0 Å². The first-order chi connectivity index (χ1) is 21.9. The number of unbranched alkanes of at least 4 members (excludes halogenated alkanes) is 1. The van der Waals surface area contributed by atoms with Crippen LogP contribution in [-0.4, -0.2) is 69.8 Å². The second-order valence-corrected chi connectivity index (χ2v) is 11.1. The molecule has 1 atom stereocenters. The number of fused-ring (bicyclic) bond motifs is 1. The number of hydrogen-bond acceptors (Lipinski definition) is 8. The minimum absolute atomic E-state index is 0.113. The van der Waals surface area contributed by atoms with Crippen molar-refractivity contribution in [2.75, 3.05) is 43.4 Å². The number of carboxylic acids is 1. The quantitative estimate of drug-likeness (QED) is 0.134. The second-order valence-electron chi connectivity index (χ2n) is 11.1. The van der Waals surface area contributed by atoms with Gasteiger partial charge < -0.3 is 20.5 Å². The number of anilines is 2. The van der Waals surface area contributed by atoms with Crippen LogP contribution in [0.5, 0.6) is 5.75 Å². The predicted molar refractivity (Wildman–Crippen MR) is 169 cm³/mol. The molecule has 3 heterocycles. The van der Waals surface area contributed by atoms with E-state index in [2.05, 4.69) is 37.6 Å². The van der Waals surface area contributed by atoms with Crippen LogP contribution in [0.25, 0.3) is 11.3 Å². The largest absolute Gasteiger partial charge is 0.492 e. The summed E-state index contributed by atoms with van der Waals surface area (Å²) in [6.07, 6.45) is 8.21. The number of carboxylic acid groups (broad SMARTS) is 1. The molecule has 0 spiro atoms. The van der Waals surface area contributed by atoms with Gasteiger partial charge in [0.2, 0.25) is 0 Å². The lowest BCUT2D eigenvalue weighted by Gasteiger charge is -2.24. The van der Waals surface area contributed by atoms with Crippen LogP contribution in [-0.2, 0) is 17.6 Å². The molecule has 2 aromatic heterocycles. The fraction of sp³-hybridized carbons (Fsp3) is 0.353. The van der Waals surface area contributed by atoms with Gasteiger partial charge in [-0.2, -0.15) is 0 Å². The molecule has 0 bridgehead atoms. The number of rotatable bonds is 16. The first-order valence-corrected chi connectivity index (χ1v) is 15.3. The van der Waals surface area contributed by atoms with E-state index in [0.29, 0.717) is 37.6 Å². The Labute approximate surface area is 261 Å². The standard InChI is InChI=1S/C34H38F2N6O3/c35-26-19-27(36)21-29(20-26)45-18-17-42(15-5-4-10-28-12-11-25-9-6-14-37-33(25)40-28)16-13-30(34(43)44)41-32-23-38-31(22-39-32)24-7-2-1-3-8-24/h1-3,7-8,11-12,19-23,30H,4-6,9-10,13-18H2,(H,37,40)(H,39,41)(H,43,44)/t30-/m0/s1. The molecule has 2 aromatic carbocycles. The third-order valence-electron chi connectivity index (χ3n) is 7.70. The average molecular weight is 617 g/mol. The highest BCUT2D eigenvalue weighted by Crippen LogP contribution is 2.21. The van der Waals surface area contributed by atoms with Crippen LogP contribution < -0.4 is 15.4 Å². The molecule has 11 heteroatoms. The molecule has 0 fully saturated rings. The Hall–Kier alpha value is -4.64. The van der Waals surface area contributed by atoms with E-state index < -0.39 is 23.6 Å². The summed E-state index contributed by atoms with van der Waals surface area (Å²) in [7, 11) is 0. The minimum Gasteiger partial charge on any atom is -0.492 e. The maximum absolute atomic E-state index is 13.6. The maximum atomic E-state index is 13.6. The molecule has 0 unspecified atom stereocenters. The van der Waals surface area contributed by atoms with Gasteiger partial charge in [0.1, 0.15) is 41.7 Å². The summed E-state index contributed by atoms with van der Waals surface area (Å²) >= 11 is 0. The van der Waals surface area contributed by atoms with E-state index in [9.17, 15) is 18.7 Å². The maximum Gasteiger partial charge on any atom is 0.326 e. The molecular weight excluding hydrogens is 578 g/mol. The van der Waals surface area contributed by atoms with E-state index in [-0.39, 0.29) is 12.4 Å². The first-order valence-electron chi connectivity index (χ1n) is 15.3. The lowest BCUT2D eigenvalue weighted by atomic mass is 10.1. The second kappa shape index (κ2) is 15.9. The number of halogens is 2. The van der Waals surface area contributed by atoms with Crippen LogP contribution in [0.1, 0.15) is 36.9 Å². The van der Waals surface area contributed by atoms with Crippen molar-refractivity contribution in [1.29, 1.82) is 0 Å². The number of aliphatic carboxylic acids is 1. The number of ether oxygens (including phenoxy) is 1. The Morgan fingerprint density at radius 2 is 1.82 bits per heavy atom. The summed E-state index contributed by atoms with van der Waals surface area (Å²) < 4.78 is 32.9. The van der Waals surface area contributed by atoms with Crippen molar-refractivity contribution >= 4 is 17.6 Å². The summed E-state index contributed by atoms with van der Waals surface area (Å²) in [5.74, 6) is -0.939. The number of hydrogen-bond donors (Lipinski definition) is 3. The van der Waals surface area contributed by atoms with Gasteiger partial charge in [-0.15, -0.1) is 0 Å². The molecule has 5 rings (SSSR count). The van der Waals surface area contributed by atoms with Gasteiger partial charge in [0.05, 0.1) is 18.1 Å². The van der Waals surface area contributed by atoms with Crippen molar-refractivity contribution in [3.8, 4) is 17.0 Å². The fourth-order valence-corrected chi connectivity index (χ4v) is 5.30. The zero-order valence-electron chi connectivity index (χ0n) is 25.1. The van der Waals surface area contributed by atoms with Crippen molar-refractivity contribution < 1.29 is 23.4 Å². The third kappa shape index (κ3) is 9.67. The topological polar surface area (TPSA) is 112 Å². The molecule has 0 saturated heterocycles. The van der Waals surface area contributed by atoms with Gasteiger partial charge in [-0.3, -0.25) is 9.88 Å². The minimum atomic E-state index is -0.998. The third-order valence-corrected chi connectivity index (χ3v) is 7.70. The zero-order valence-corrected chi connectivity index (χ0v) is 25.1. The highest BCUT2D eigenvalue weighted by Gasteiger charge is 2.20. The number of pyridine rings is 1.